The summed E-state index contributed by atoms with van der Waals surface area (Å²) in [5, 5.41) is 10.8. The topological polar surface area (TPSA) is 47.9 Å². The predicted octanol–water partition coefficient (Wildman–Crippen LogP) is 5.24. The van der Waals surface area contributed by atoms with Gasteiger partial charge in [0, 0.05) is 6.42 Å². The first kappa shape index (κ1) is 22.0. The lowest BCUT2D eigenvalue weighted by Gasteiger charge is -2.28. The lowest BCUT2D eigenvalue weighted by molar-refractivity contribution is -0.239. The summed E-state index contributed by atoms with van der Waals surface area (Å²) in [4.78, 5) is 0. The molecule has 0 bridgehead atoms. The van der Waals surface area contributed by atoms with Gasteiger partial charge in [0.1, 0.15) is 6.61 Å². The van der Waals surface area contributed by atoms with Crippen molar-refractivity contribution in [2.75, 3.05) is 6.61 Å². The normalized spacial score (nSPS) is 22.6. The molecule has 0 aliphatic carbocycles. The smallest absolute Gasteiger partial charge is 0.189 e. The van der Waals surface area contributed by atoms with Gasteiger partial charge >= 0.3 is 0 Å². The Bertz CT molecular complexity index is 690. The molecule has 1 N–H and O–H groups in total. The van der Waals surface area contributed by atoms with Crippen LogP contribution in [0.3, 0.4) is 0 Å². The van der Waals surface area contributed by atoms with E-state index in [0.717, 1.165) is 30.4 Å². The monoisotopic (exact) mass is 398 g/mol. The molecule has 2 aromatic rings. The van der Waals surface area contributed by atoms with Crippen molar-refractivity contribution in [3.8, 4) is 0 Å². The summed E-state index contributed by atoms with van der Waals surface area (Å²) in [6.07, 6.45) is 5.68. The van der Waals surface area contributed by atoms with Crippen molar-refractivity contribution in [3.63, 3.8) is 0 Å². The maximum absolute atomic E-state index is 10.8. The van der Waals surface area contributed by atoms with E-state index < -0.39 is 5.79 Å². The summed E-state index contributed by atoms with van der Waals surface area (Å²) in [6.45, 7) is 3.43. The fraction of sp³-hybridized carbons (Fsp3) is 0.520. The Morgan fingerprint density at radius 1 is 1.00 bits per heavy atom. The van der Waals surface area contributed by atoms with E-state index in [2.05, 4.69) is 19.1 Å². The zero-order valence-electron chi connectivity index (χ0n) is 17.5. The Kier molecular flexibility index (Phi) is 8.69. The molecule has 1 saturated heterocycles. The molecule has 3 atom stereocenters. The quantitative estimate of drug-likeness (QED) is 0.497. The van der Waals surface area contributed by atoms with Crippen LogP contribution in [0.25, 0.3) is 0 Å². The van der Waals surface area contributed by atoms with E-state index in [1.807, 2.05) is 48.5 Å². The van der Waals surface area contributed by atoms with Crippen molar-refractivity contribution in [1.29, 1.82) is 0 Å². The molecule has 1 aliphatic rings. The fourth-order valence-electron chi connectivity index (χ4n) is 3.79. The third-order valence-electron chi connectivity index (χ3n) is 5.44. The maximum atomic E-state index is 10.8. The second-order valence-electron chi connectivity index (χ2n) is 7.95. The maximum Gasteiger partial charge on any atom is 0.189 e. The molecule has 0 radical (unpaired) electrons. The van der Waals surface area contributed by atoms with Gasteiger partial charge < -0.3 is 19.3 Å². The largest absolute Gasteiger partial charge is 0.371 e. The van der Waals surface area contributed by atoms with E-state index in [1.54, 1.807) is 0 Å². The van der Waals surface area contributed by atoms with Crippen molar-refractivity contribution >= 4 is 0 Å². The van der Waals surface area contributed by atoms with Gasteiger partial charge in [0.2, 0.25) is 0 Å². The van der Waals surface area contributed by atoms with Crippen LogP contribution in [0.5, 0.6) is 0 Å². The van der Waals surface area contributed by atoms with Crippen molar-refractivity contribution < 1.29 is 19.3 Å². The third-order valence-corrected chi connectivity index (χ3v) is 5.44. The second kappa shape index (κ2) is 11.5. The van der Waals surface area contributed by atoms with E-state index in [1.165, 1.54) is 12.8 Å². The summed E-state index contributed by atoms with van der Waals surface area (Å²) in [5.74, 6) is -1.22. The van der Waals surface area contributed by atoms with Crippen molar-refractivity contribution in [1.82, 2.24) is 0 Å². The van der Waals surface area contributed by atoms with Gasteiger partial charge in [-0.2, -0.15) is 0 Å². The summed E-state index contributed by atoms with van der Waals surface area (Å²) < 4.78 is 18.1. The molecule has 4 heteroatoms. The zero-order valence-corrected chi connectivity index (χ0v) is 17.5. The Balaban J connectivity index is 1.50. The Hall–Kier alpha value is -1.72. The highest BCUT2D eigenvalue weighted by Crippen LogP contribution is 2.33. The van der Waals surface area contributed by atoms with Crippen LogP contribution in [0.1, 0.15) is 56.6 Å². The average Bonchev–Trinajstić information content (AvgIpc) is 3.14. The summed E-state index contributed by atoms with van der Waals surface area (Å²) in [7, 11) is 0. The van der Waals surface area contributed by atoms with Crippen LogP contribution in [0.15, 0.2) is 60.7 Å². The zero-order chi connectivity index (χ0) is 20.4. The molecule has 0 amide bonds. The SMILES string of the molecule is CCCCC[C@@H](OCc1ccccc1)[C@H]1CCC(O)(COCc2ccccc2)O1. The van der Waals surface area contributed by atoms with Gasteiger partial charge in [-0.15, -0.1) is 0 Å². The summed E-state index contributed by atoms with van der Waals surface area (Å²) in [5.41, 5.74) is 2.25. The number of aliphatic hydroxyl groups is 1. The number of unbranched alkanes of at least 4 members (excludes halogenated alkanes) is 2. The molecular weight excluding hydrogens is 364 g/mol. The van der Waals surface area contributed by atoms with Gasteiger partial charge in [-0.3, -0.25) is 0 Å². The molecule has 158 valence electrons. The Morgan fingerprint density at radius 2 is 1.66 bits per heavy atom. The number of rotatable bonds is 12. The highest BCUT2D eigenvalue weighted by atomic mass is 16.7. The van der Waals surface area contributed by atoms with Gasteiger partial charge in [-0.05, 0) is 24.0 Å². The van der Waals surface area contributed by atoms with E-state index >= 15 is 0 Å². The minimum Gasteiger partial charge on any atom is -0.371 e. The Morgan fingerprint density at radius 3 is 2.31 bits per heavy atom. The van der Waals surface area contributed by atoms with Crippen LogP contribution in [0.4, 0.5) is 0 Å². The van der Waals surface area contributed by atoms with Crippen LogP contribution >= 0.6 is 0 Å². The number of hydrogen-bond donors (Lipinski definition) is 1. The van der Waals surface area contributed by atoms with Crippen molar-refractivity contribution in [3.05, 3.63) is 71.8 Å². The van der Waals surface area contributed by atoms with Gasteiger partial charge in [-0.1, -0.05) is 86.8 Å². The van der Waals surface area contributed by atoms with E-state index in [-0.39, 0.29) is 18.8 Å². The average molecular weight is 399 g/mol. The van der Waals surface area contributed by atoms with Crippen LogP contribution < -0.4 is 0 Å². The van der Waals surface area contributed by atoms with Crippen LogP contribution in [0.2, 0.25) is 0 Å². The minimum absolute atomic E-state index is 0.00935. The molecule has 29 heavy (non-hydrogen) atoms. The van der Waals surface area contributed by atoms with Crippen molar-refractivity contribution in [2.45, 2.75) is 76.7 Å². The lowest BCUT2D eigenvalue weighted by Crippen LogP contribution is -2.38. The van der Waals surface area contributed by atoms with Crippen LogP contribution in [0, 0.1) is 0 Å². The number of hydrogen-bond acceptors (Lipinski definition) is 4. The van der Waals surface area contributed by atoms with Crippen LogP contribution in [-0.4, -0.2) is 29.7 Å². The molecule has 0 saturated carbocycles. The standard InChI is InChI=1S/C25H34O4/c1-2-3-6-15-23(28-19-22-13-9-5-10-14-22)24-16-17-25(26,29-24)20-27-18-21-11-7-4-8-12-21/h4-5,7-14,23-24,26H,2-3,6,15-20H2,1H3/t23-,24-,25?/m1/s1. The molecule has 1 heterocycles. The molecule has 1 unspecified atom stereocenters. The van der Waals surface area contributed by atoms with E-state index in [4.69, 9.17) is 14.2 Å². The highest BCUT2D eigenvalue weighted by molar-refractivity contribution is 5.14. The molecule has 2 aromatic carbocycles. The number of ether oxygens (including phenoxy) is 3. The molecule has 4 nitrogen and oxygen atoms in total. The van der Waals surface area contributed by atoms with Gasteiger partial charge in [0.05, 0.1) is 25.4 Å². The van der Waals surface area contributed by atoms with Gasteiger partial charge in [-0.25, -0.2) is 0 Å². The molecular formula is C25H34O4. The fourth-order valence-corrected chi connectivity index (χ4v) is 3.79. The first-order chi connectivity index (χ1) is 14.2. The number of benzene rings is 2. The molecule has 0 spiro atoms. The van der Waals surface area contributed by atoms with E-state index in [0.29, 0.717) is 19.6 Å². The molecule has 3 rings (SSSR count). The first-order valence-electron chi connectivity index (χ1n) is 10.9. The molecule has 1 aliphatic heterocycles. The third kappa shape index (κ3) is 7.23. The first-order valence-corrected chi connectivity index (χ1v) is 10.9. The molecule has 0 aromatic heterocycles. The lowest BCUT2D eigenvalue weighted by atomic mass is 10.0. The van der Waals surface area contributed by atoms with E-state index in [9.17, 15) is 5.11 Å². The highest BCUT2D eigenvalue weighted by Gasteiger charge is 2.42. The summed E-state index contributed by atoms with van der Waals surface area (Å²) >= 11 is 0. The Labute approximate surface area is 174 Å². The van der Waals surface area contributed by atoms with Crippen LogP contribution in [-0.2, 0) is 27.4 Å². The predicted molar refractivity (Wildman–Crippen MR) is 114 cm³/mol. The summed E-state index contributed by atoms with van der Waals surface area (Å²) in [6, 6.07) is 20.2. The second-order valence-corrected chi connectivity index (χ2v) is 7.95. The minimum atomic E-state index is -1.22. The van der Waals surface area contributed by atoms with Gasteiger partial charge in [0.15, 0.2) is 5.79 Å². The molecule has 1 fully saturated rings. The van der Waals surface area contributed by atoms with Gasteiger partial charge in [0.25, 0.3) is 0 Å². The van der Waals surface area contributed by atoms with Crippen molar-refractivity contribution in [2.24, 2.45) is 0 Å².